The minimum atomic E-state index is -0.447. The molecule has 19 heavy (non-hydrogen) atoms. The van der Waals surface area contributed by atoms with Crippen molar-refractivity contribution in [2.24, 2.45) is 0 Å². The molecule has 1 aromatic carbocycles. The number of carbonyl (C=O) groups excluding carboxylic acids is 1. The van der Waals surface area contributed by atoms with Gasteiger partial charge in [-0.25, -0.2) is 0 Å². The Hall–Kier alpha value is -1.19. The molecule has 0 saturated heterocycles. The molecule has 1 rings (SSSR count). The van der Waals surface area contributed by atoms with Crippen LogP contribution in [0.25, 0.3) is 0 Å². The van der Waals surface area contributed by atoms with Gasteiger partial charge < -0.3 is 9.47 Å². The maximum Gasteiger partial charge on any atom is 0.191 e. The van der Waals surface area contributed by atoms with Gasteiger partial charge >= 0.3 is 0 Å². The standard InChI is InChI=1S/C16H24O3/c1-6-18-10-13(4)19-14(5)16(17)15-8-7-11(2)12(3)9-15/h7-9,13-14H,6,10H2,1-5H3. The minimum Gasteiger partial charge on any atom is -0.379 e. The van der Waals surface area contributed by atoms with E-state index in [0.29, 0.717) is 18.8 Å². The van der Waals surface area contributed by atoms with Gasteiger partial charge in [0.15, 0.2) is 5.78 Å². The van der Waals surface area contributed by atoms with Gasteiger partial charge in [0.05, 0.1) is 12.7 Å². The SMILES string of the molecule is CCOCC(C)OC(C)C(=O)c1ccc(C)c(C)c1. The lowest BCUT2D eigenvalue weighted by atomic mass is 10.0. The van der Waals surface area contributed by atoms with Gasteiger partial charge in [0.2, 0.25) is 0 Å². The van der Waals surface area contributed by atoms with Gasteiger partial charge in [0.1, 0.15) is 6.10 Å². The maximum atomic E-state index is 12.3. The molecule has 106 valence electrons. The van der Waals surface area contributed by atoms with Crippen molar-refractivity contribution in [3.05, 3.63) is 34.9 Å². The van der Waals surface area contributed by atoms with Crippen molar-refractivity contribution in [2.75, 3.05) is 13.2 Å². The molecular formula is C16H24O3. The summed E-state index contributed by atoms with van der Waals surface area (Å²) >= 11 is 0. The summed E-state index contributed by atoms with van der Waals surface area (Å²) in [7, 11) is 0. The van der Waals surface area contributed by atoms with E-state index in [1.807, 2.05) is 45.9 Å². The highest BCUT2D eigenvalue weighted by Gasteiger charge is 2.18. The van der Waals surface area contributed by atoms with E-state index in [1.165, 1.54) is 5.56 Å². The van der Waals surface area contributed by atoms with E-state index in [9.17, 15) is 4.79 Å². The number of ketones is 1. The number of Topliss-reactive ketones (excluding diaryl/α,β-unsaturated/α-hetero) is 1. The fraction of sp³-hybridized carbons (Fsp3) is 0.562. The van der Waals surface area contributed by atoms with E-state index in [2.05, 4.69) is 0 Å². The highest BCUT2D eigenvalue weighted by molar-refractivity contribution is 5.99. The Bertz CT molecular complexity index is 426. The molecule has 3 heteroatoms. The molecule has 0 aliphatic carbocycles. The van der Waals surface area contributed by atoms with Gasteiger partial charge in [-0.1, -0.05) is 12.1 Å². The summed E-state index contributed by atoms with van der Waals surface area (Å²) < 4.78 is 10.9. The van der Waals surface area contributed by atoms with Gasteiger partial charge in [-0.2, -0.15) is 0 Å². The van der Waals surface area contributed by atoms with Crippen LogP contribution >= 0.6 is 0 Å². The van der Waals surface area contributed by atoms with Crippen molar-refractivity contribution in [1.82, 2.24) is 0 Å². The third-order valence-electron chi connectivity index (χ3n) is 3.15. The smallest absolute Gasteiger partial charge is 0.191 e. The summed E-state index contributed by atoms with van der Waals surface area (Å²) in [6, 6.07) is 5.75. The number of hydrogen-bond donors (Lipinski definition) is 0. The molecule has 1 aromatic rings. The molecule has 0 saturated carbocycles. The lowest BCUT2D eigenvalue weighted by molar-refractivity contribution is -0.0296. The normalized spacial score (nSPS) is 14.2. The summed E-state index contributed by atoms with van der Waals surface area (Å²) in [5, 5.41) is 0. The van der Waals surface area contributed by atoms with Gasteiger partial charge in [-0.05, 0) is 51.8 Å². The van der Waals surface area contributed by atoms with Crippen LogP contribution in [0, 0.1) is 13.8 Å². The van der Waals surface area contributed by atoms with E-state index in [1.54, 1.807) is 6.92 Å². The molecule has 0 bridgehead atoms. The molecule has 2 unspecified atom stereocenters. The number of aryl methyl sites for hydroxylation is 2. The third kappa shape index (κ3) is 4.77. The second-order valence-electron chi connectivity index (χ2n) is 4.91. The lowest BCUT2D eigenvalue weighted by Gasteiger charge is -2.18. The number of hydrogen-bond acceptors (Lipinski definition) is 3. The Morgan fingerprint density at radius 1 is 1.21 bits per heavy atom. The summed E-state index contributed by atoms with van der Waals surface area (Å²) in [5.74, 6) is 0.0199. The highest BCUT2D eigenvalue weighted by Crippen LogP contribution is 2.13. The topological polar surface area (TPSA) is 35.5 Å². The second-order valence-corrected chi connectivity index (χ2v) is 4.91. The first-order valence-electron chi connectivity index (χ1n) is 6.80. The van der Waals surface area contributed by atoms with Crippen LogP contribution in [0.4, 0.5) is 0 Å². The minimum absolute atomic E-state index is 0.0199. The molecule has 0 spiro atoms. The first kappa shape index (κ1) is 15.9. The van der Waals surface area contributed by atoms with Crippen LogP contribution in [0.1, 0.15) is 42.3 Å². The average molecular weight is 264 g/mol. The fourth-order valence-electron chi connectivity index (χ4n) is 1.86. The van der Waals surface area contributed by atoms with E-state index in [-0.39, 0.29) is 11.9 Å². The van der Waals surface area contributed by atoms with E-state index in [0.717, 1.165) is 5.56 Å². The number of carbonyl (C=O) groups is 1. The molecule has 3 nitrogen and oxygen atoms in total. The summed E-state index contributed by atoms with van der Waals surface area (Å²) in [5.41, 5.74) is 3.02. The van der Waals surface area contributed by atoms with Crippen molar-refractivity contribution in [3.8, 4) is 0 Å². The largest absolute Gasteiger partial charge is 0.379 e. The first-order chi connectivity index (χ1) is 8.95. The summed E-state index contributed by atoms with van der Waals surface area (Å²) in [6.45, 7) is 10.9. The Kier molecular flexibility index (Phi) is 6.19. The van der Waals surface area contributed by atoms with Crippen LogP contribution in [-0.4, -0.2) is 31.2 Å². The van der Waals surface area contributed by atoms with Gasteiger partial charge in [0, 0.05) is 12.2 Å². The zero-order valence-electron chi connectivity index (χ0n) is 12.5. The molecule has 0 radical (unpaired) electrons. The van der Waals surface area contributed by atoms with E-state index < -0.39 is 6.10 Å². The number of rotatable bonds is 7. The Balaban J connectivity index is 2.63. The molecule has 0 amide bonds. The van der Waals surface area contributed by atoms with Crippen molar-refractivity contribution in [1.29, 1.82) is 0 Å². The van der Waals surface area contributed by atoms with Crippen molar-refractivity contribution in [2.45, 2.75) is 46.8 Å². The van der Waals surface area contributed by atoms with Crippen LogP contribution in [0.5, 0.6) is 0 Å². The van der Waals surface area contributed by atoms with Crippen LogP contribution in [0.2, 0.25) is 0 Å². The summed E-state index contributed by atoms with van der Waals surface area (Å²) in [4.78, 5) is 12.3. The van der Waals surface area contributed by atoms with Gasteiger partial charge in [0.25, 0.3) is 0 Å². The van der Waals surface area contributed by atoms with Crippen LogP contribution in [0.15, 0.2) is 18.2 Å². The molecule has 0 fully saturated rings. The Labute approximate surface area is 115 Å². The predicted octanol–water partition coefficient (Wildman–Crippen LogP) is 3.32. The monoisotopic (exact) mass is 264 g/mol. The number of ether oxygens (including phenoxy) is 2. The molecule has 0 aromatic heterocycles. The predicted molar refractivity (Wildman–Crippen MR) is 76.7 cm³/mol. The first-order valence-corrected chi connectivity index (χ1v) is 6.80. The van der Waals surface area contributed by atoms with E-state index >= 15 is 0 Å². The lowest BCUT2D eigenvalue weighted by Crippen LogP contribution is -2.28. The van der Waals surface area contributed by atoms with Crippen molar-refractivity contribution >= 4 is 5.78 Å². The van der Waals surface area contributed by atoms with Gasteiger partial charge in [-0.15, -0.1) is 0 Å². The van der Waals surface area contributed by atoms with Crippen LogP contribution in [-0.2, 0) is 9.47 Å². The average Bonchev–Trinajstić information content (AvgIpc) is 2.38. The van der Waals surface area contributed by atoms with Gasteiger partial charge in [-0.3, -0.25) is 4.79 Å². The Morgan fingerprint density at radius 3 is 2.47 bits per heavy atom. The highest BCUT2D eigenvalue weighted by atomic mass is 16.5. The molecule has 2 atom stereocenters. The number of benzene rings is 1. The fourth-order valence-corrected chi connectivity index (χ4v) is 1.86. The molecule has 0 heterocycles. The third-order valence-corrected chi connectivity index (χ3v) is 3.15. The van der Waals surface area contributed by atoms with Crippen LogP contribution < -0.4 is 0 Å². The van der Waals surface area contributed by atoms with Crippen LogP contribution in [0.3, 0.4) is 0 Å². The second kappa shape index (κ2) is 7.41. The quantitative estimate of drug-likeness (QED) is 0.709. The van der Waals surface area contributed by atoms with E-state index in [4.69, 9.17) is 9.47 Å². The molecule has 0 N–H and O–H groups in total. The molecule has 0 aliphatic heterocycles. The maximum absolute atomic E-state index is 12.3. The molecular weight excluding hydrogens is 240 g/mol. The zero-order valence-corrected chi connectivity index (χ0v) is 12.5. The Morgan fingerprint density at radius 2 is 1.89 bits per heavy atom. The molecule has 0 aliphatic rings. The zero-order chi connectivity index (χ0) is 14.4. The summed E-state index contributed by atoms with van der Waals surface area (Å²) in [6.07, 6.45) is -0.525. The van der Waals surface area contributed by atoms with Crippen molar-refractivity contribution in [3.63, 3.8) is 0 Å². The van der Waals surface area contributed by atoms with Crippen molar-refractivity contribution < 1.29 is 14.3 Å².